The van der Waals surface area contributed by atoms with Gasteiger partial charge >= 0.3 is 0 Å². The first-order valence-corrected chi connectivity index (χ1v) is 5.73. The Morgan fingerprint density at radius 3 is 2.79 bits per heavy atom. The van der Waals surface area contributed by atoms with Crippen LogP contribution in [0.4, 0.5) is 0 Å². The third-order valence-electron chi connectivity index (χ3n) is 3.31. The molecule has 0 aromatic rings. The summed E-state index contributed by atoms with van der Waals surface area (Å²) in [4.78, 5) is 2.54. The number of ether oxygens (including phenoxy) is 1. The third kappa shape index (κ3) is 2.94. The molecule has 1 rings (SSSR count). The lowest BCUT2D eigenvalue weighted by atomic mass is 10.1. The Morgan fingerprint density at radius 2 is 2.21 bits per heavy atom. The predicted molar refractivity (Wildman–Crippen MR) is 59.6 cm³/mol. The van der Waals surface area contributed by atoms with E-state index in [1.807, 2.05) is 0 Å². The molecule has 0 spiro atoms. The van der Waals surface area contributed by atoms with E-state index in [-0.39, 0.29) is 0 Å². The van der Waals surface area contributed by atoms with Crippen molar-refractivity contribution in [3.05, 3.63) is 0 Å². The van der Waals surface area contributed by atoms with Gasteiger partial charge < -0.3 is 10.1 Å². The summed E-state index contributed by atoms with van der Waals surface area (Å²) >= 11 is 0. The van der Waals surface area contributed by atoms with E-state index in [0.29, 0.717) is 6.04 Å². The Labute approximate surface area is 87.8 Å². The molecule has 0 aromatic carbocycles. The van der Waals surface area contributed by atoms with Crippen molar-refractivity contribution < 1.29 is 4.74 Å². The maximum atomic E-state index is 5.14. The van der Waals surface area contributed by atoms with Gasteiger partial charge in [-0.05, 0) is 26.4 Å². The summed E-state index contributed by atoms with van der Waals surface area (Å²) < 4.78 is 5.14. The monoisotopic (exact) mass is 200 g/mol. The SMILES string of the molecule is CCN(CCOC)C1CCCC1NC. The van der Waals surface area contributed by atoms with Crippen LogP contribution in [0, 0.1) is 0 Å². The van der Waals surface area contributed by atoms with Gasteiger partial charge in [0.2, 0.25) is 0 Å². The summed E-state index contributed by atoms with van der Waals surface area (Å²) in [7, 11) is 3.85. The summed E-state index contributed by atoms with van der Waals surface area (Å²) in [6.07, 6.45) is 4.02. The topological polar surface area (TPSA) is 24.5 Å². The summed E-state index contributed by atoms with van der Waals surface area (Å²) in [5, 5.41) is 3.42. The van der Waals surface area contributed by atoms with Crippen molar-refractivity contribution in [3.8, 4) is 0 Å². The summed E-state index contributed by atoms with van der Waals surface area (Å²) in [5.41, 5.74) is 0. The number of hydrogen-bond donors (Lipinski definition) is 1. The van der Waals surface area contributed by atoms with Crippen molar-refractivity contribution in [2.75, 3.05) is 33.9 Å². The van der Waals surface area contributed by atoms with Gasteiger partial charge in [-0.1, -0.05) is 13.3 Å². The van der Waals surface area contributed by atoms with Gasteiger partial charge in [-0.2, -0.15) is 0 Å². The van der Waals surface area contributed by atoms with Crippen LogP contribution in [0.25, 0.3) is 0 Å². The zero-order chi connectivity index (χ0) is 10.4. The lowest BCUT2D eigenvalue weighted by molar-refractivity contribution is 0.115. The van der Waals surface area contributed by atoms with Crippen molar-refractivity contribution in [1.82, 2.24) is 10.2 Å². The molecule has 0 radical (unpaired) electrons. The molecule has 0 heterocycles. The van der Waals surface area contributed by atoms with Crippen LogP contribution in [0.5, 0.6) is 0 Å². The van der Waals surface area contributed by atoms with Gasteiger partial charge in [0.1, 0.15) is 0 Å². The smallest absolute Gasteiger partial charge is 0.0589 e. The van der Waals surface area contributed by atoms with E-state index >= 15 is 0 Å². The van der Waals surface area contributed by atoms with Crippen LogP contribution >= 0.6 is 0 Å². The predicted octanol–water partition coefficient (Wildman–Crippen LogP) is 1.10. The number of nitrogens with one attached hydrogen (secondary N) is 1. The number of rotatable bonds is 6. The highest BCUT2D eigenvalue weighted by Crippen LogP contribution is 2.23. The van der Waals surface area contributed by atoms with E-state index in [2.05, 4.69) is 24.2 Å². The molecule has 1 aliphatic carbocycles. The van der Waals surface area contributed by atoms with Crippen LogP contribution < -0.4 is 5.32 Å². The molecule has 1 saturated carbocycles. The van der Waals surface area contributed by atoms with E-state index in [1.165, 1.54) is 19.3 Å². The van der Waals surface area contributed by atoms with Crippen LogP contribution in [0.2, 0.25) is 0 Å². The fourth-order valence-corrected chi connectivity index (χ4v) is 2.48. The molecule has 3 nitrogen and oxygen atoms in total. The van der Waals surface area contributed by atoms with E-state index in [1.54, 1.807) is 7.11 Å². The minimum Gasteiger partial charge on any atom is -0.383 e. The Morgan fingerprint density at radius 1 is 1.43 bits per heavy atom. The maximum absolute atomic E-state index is 5.14. The highest BCUT2D eigenvalue weighted by molar-refractivity contribution is 4.89. The number of methoxy groups -OCH3 is 1. The Kier molecular flexibility index (Phi) is 5.45. The molecule has 0 aromatic heterocycles. The Hall–Kier alpha value is -0.120. The Bertz CT molecular complexity index is 152. The molecule has 0 amide bonds. The number of likely N-dealkylation sites (N-methyl/N-ethyl adjacent to an activating group) is 2. The van der Waals surface area contributed by atoms with Gasteiger partial charge in [-0.3, -0.25) is 4.90 Å². The number of nitrogens with zero attached hydrogens (tertiary/aromatic N) is 1. The molecular formula is C11H24N2O. The highest BCUT2D eigenvalue weighted by atomic mass is 16.5. The minimum absolute atomic E-state index is 0.687. The van der Waals surface area contributed by atoms with E-state index < -0.39 is 0 Å². The standard InChI is InChI=1S/C11H24N2O/c1-4-13(8-9-14-3)11-7-5-6-10(11)12-2/h10-12H,4-9H2,1-3H3. The van der Waals surface area contributed by atoms with Gasteiger partial charge in [0, 0.05) is 25.7 Å². The van der Waals surface area contributed by atoms with Crippen molar-refractivity contribution in [1.29, 1.82) is 0 Å². The molecule has 0 bridgehead atoms. The summed E-state index contributed by atoms with van der Waals surface area (Å²) in [6.45, 7) is 5.28. The second kappa shape index (κ2) is 6.38. The first-order chi connectivity index (χ1) is 6.83. The minimum atomic E-state index is 0.687. The van der Waals surface area contributed by atoms with E-state index in [4.69, 9.17) is 4.74 Å². The zero-order valence-corrected chi connectivity index (χ0v) is 9.75. The van der Waals surface area contributed by atoms with Crippen molar-refractivity contribution in [2.24, 2.45) is 0 Å². The van der Waals surface area contributed by atoms with E-state index in [9.17, 15) is 0 Å². The Balaban J connectivity index is 2.41. The van der Waals surface area contributed by atoms with Crippen LogP contribution in [0.3, 0.4) is 0 Å². The summed E-state index contributed by atoms with van der Waals surface area (Å²) in [5.74, 6) is 0. The molecular weight excluding hydrogens is 176 g/mol. The largest absolute Gasteiger partial charge is 0.383 e. The van der Waals surface area contributed by atoms with E-state index in [0.717, 1.165) is 25.7 Å². The van der Waals surface area contributed by atoms with Crippen LogP contribution in [0.15, 0.2) is 0 Å². The molecule has 14 heavy (non-hydrogen) atoms. The molecule has 1 N–H and O–H groups in total. The molecule has 2 unspecified atom stereocenters. The second-order valence-corrected chi connectivity index (χ2v) is 4.01. The summed E-state index contributed by atoms with van der Waals surface area (Å²) in [6, 6.07) is 1.41. The fourth-order valence-electron chi connectivity index (χ4n) is 2.48. The first kappa shape index (κ1) is 12.0. The molecule has 2 atom stereocenters. The van der Waals surface area contributed by atoms with Gasteiger partial charge in [-0.25, -0.2) is 0 Å². The zero-order valence-electron chi connectivity index (χ0n) is 9.75. The molecule has 1 aliphatic rings. The molecule has 1 fully saturated rings. The highest BCUT2D eigenvalue weighted by Gasteiger charge is 2.29. The maximum Gasteiger partial charge on any atom is 0.0589 e. The lowest BCUT2D eigenvalue weighted by Crippen LogP contribution is -2.46. The molecule has 84 valence electrons. The van der Waals surface area contributed by atoms with Gasteiger partial charge in [0.15, 0.2) is 0 Å². The van der Waals surface area contributed by atoms with Crippen molar-refractivity contribution >= 4 is 0 Å². The lowest BCUT2D eigenvalue weighted by Gasteiger charge is -2.31. The van der Waals surface area contributed by atoms with Crippen molar-refractivity contribution in [3.63, 3.8) is 0 Å². The quantitative estimate of drug-likeness (QED) is 0.695. The average molecular weight is 200 g/mol. The van der Waals surface area contributed by atoms with Gasteiger partial charge in [0.05, 0.1) is 6.61 Å². The molecule has 0 saturated heterocycles. The third-order valence-corrected chi connectivity index (χ3v) is 3.31. The van der Waals surface area contributed by atoms with Crippen LogP contribution in [-0.2, 0) is 4.74 Å². The van der Waals surface area contributed by atoms with Crippen molar-refractivity contribution in [2.45, 2.75) is 38.3 Å². The molecule has 0 aliphatic heterocycles. The van der Waals surface area contributed by atoms with Crippen LogP contribution in [-0.4, -0.2) is 50.8 Å². The normalized spacial score (nSPS) is 27.4. The van der Waals surface area contributed by atoms with Gasteiger partial charge in [-0.15, -0.1) is 0 Å². The first-order valence-electron chi connectivity index (χ1n) is 5.73. The van der Waals surface area contributed by atoms with Crippen LogP contribution in [0.1, 0.15) is 26.2 Å². The second-order valence-electron chi connectivity index (χ2n) is 4.01. The average Bonchev–Trinajstić information content (AvgIpc) is 2.67. The fraction of sp³-hybridized carbons (Fsp3) is 1.00. The van der Waals surface area contributed by atoms with Gasteiger partial charge in [0.25, 0.3) is 0 Å². The number of hydrogen-bond acceptors (Lipinski definition) is 3. The molecule has 3 heteroatoms.